The molecule has 0 saturated heterocycles. The summed E-state index contributed by atoms with van der Waals surface area (Å²) < 4.78 is 5.23. The molecule has 0 unspecified atom stereocenters. The van der Waals surface area contributed by atoms with E-state index in [1.165, 1.54) is 6.07 Å². The highest BCUT2D eigenvalue weighted by Gasteiger charge is 2.18. The molecule has 0 aliphatic heterocycles. The van der Waals surface area contributed by atoms with Crippen LogP contribution in [0.3, 0.4) is 0 Å². The number of rotatable bonds is 6. The first-order chi connectivity index (χ1) is 13.0. The van der Waals surface area contributed by atoms with Crippen LogP contribution >= 0.6 is 0 Å². The van der Waals surface area contributed by atoms with E-state index >= 15 is 0 Å². The Morgan fingerprint density at radius 1 is 1.07 bits per heavy atom. The molecule has 0 atom stereocenters. The SMILES string of the molecule is COc1ccc2cc(CN(C)C(=O)Cc3ccccc3[N+](=O)[O-])ccc2c1. The zero-order valence-corrected chi connectivity index (χ0v) is 15.2. The number of carbonyl (C=O) groups excluding carboxylic acids is 1. The summed E-state index contributed by atoms with van der Waals surface area (Å²) in [7, 11) is 3.34. The van der Waals surface area contributed by atoms with E-state index in [2.05, 4.69) is 0 Å². The van der Waals surface area contributed by atoms with Crippen LogP contribution in [0, 0.1) is 10.1 Å². The molecule has 0 aliphatic carbocycles. The Bertz CT molecular complexity index is 1000. The number of para-hydroxylation sites is 1. The van der Waals surface area contributed by atoms with Crippen LogP contribution in [0.4, 0.5) is 5.69 Å². The van der Waals surface area contributed by atoms with Crippen LogP contribution < -0.4 is 4.74 Å². The van der Waals surface area contributed by atoms with Crippen LogP contribution in [0.5, 0.6) is 5.75 Å². The molecule has 6 nitrogen and oxygen atoms in total. The third kappa shape index (κ3) is 4.23. The number of nitrogens with zero attached hydrogens (tertiary/aromatic N) is 2. The summed E-state index contributed by atoms with van der Waals surface area (Å²) in [6.45, 7) is 0.432. The standard InChI is InChI=1S/C21H20N2O4/c1-22(21(24)13-18-5-3-4-6-20(18)23(25)26)14-15-7-8-17-12-19(27-2)10-9-16(17)11-15/h3-12H,13-14H2,1-2H3. The monoisotopic (exact) mass is 364 g/mol. The molecule has 0 spiro atoms. The fraction of sp³-hybridized carbons (Fsp3) is 0.190. The Balaban J connectivity index is 1.73. The van der Waals surface area contributed by atoms with Gasteiger partial charge in [-0.25, -0.2) is 0 Å². The smallest absolute Gasteiger partial charge is 0.273 e. The fourth-order valence-electron chi connectivity index (χ4n) is 3.00. The Labute approximate surface area is 157 Å². The lowest BCUT2D eigenvalue weighted by Crippen LogP contribution is -2.27. The maximum atomic E-state index is 12.5. The van der Waals surface area contributed by atoms with Gasteiger partial charge in [-0.1, -0.05) is 36.4 Å². The highest BCUT2D eigenvalue weighted by atomic mass is 16.6. The summed E-state index contributed by atoms with van der Waals surface area (Å²) in [5.74, 6) is 0.631. The van der Waals surface area contributed by atoms with Crippen molar-refractivity contribution in [1.29, 1.82) is 0 Å². The molecule has 3 aromatic rings. The van der Waals surface area contributed by atoms with Gasteiger partial charge in [0, 0.05) is 25.2 Å². The minimum atomic E-state index is -0.458. The number of benzene rings is 3. The van der Waals surface area contributed by atoms with Crippen molar-refractivity contribution < 1.29 is 14.5 Å². The highest BCUT2D eigenvalue weighted by molar-refractivity contribution is 5.85. The van der Waals surface area contributed by atoms with Crippen molar-refractivity contribution in [3.63, 3.8) is 0 Å². The summed E-state index contributed by atoms with van der Waals surface area (Å²) in [6.07, 6.45) is -0.00155. The molecule has 0 aromatic heterocycles. The van der Waals surface area contributed by atoms with Gasteiger partial charge in [0.25, 0.3) is 5.69 Å². The number of fused-ring (bicyclic) bond motifs is 1. The minimum absolute atomic E-state index is 0.00155. The predicted molar refractivity (Wildman–Crippen MR) is 104 cm³/mol. The van der Waals surface area contributed by atoms with Crippen molar-refractivity contribution >= 4 is 22.4 Å². The zero-order chi connectivity index (χ0) is 19.4. The number of likely N-dealkylation sites (N-methyl/N-ethyl adjacent to an activating group) is 1. The summed E-state index contributed by atoms with van der Waals surface area (Å²) in [5.41, 5.74) is 1.38. The number of ether oxygens (including phenoxy) is 1. The molecule has 3 aromatic carbocycles. The molecule has 3 rings (SSSR count). The van der Waals surface area contributed by atoms with Crippen molar-refractivity contribution in [3.8, 4) is 5.75 Å². The third-order valence-corrected chi connectivity index (χ3v) is 4.49. The van der Waals surface area contributed by atoms with E-state index in [0.29, 0.717) is 12.1 Å². The van der Waals surface area contributed by atoms with Crippen LogP contribution in [0.25, 0.3) is 10.8 Å². The number of hydrogen-bond donors (Lipinski definition) is 0. The molecule has 0 radical (unpaired) electrons. The normalized spacial score (nSPS) is 10.6. The van der Waals surface area contributed by atoms with Gasteiger partial charge in [0.1, 0.15) is 5.75 Å². The second kappa shape index (κ2) is 7.86. The highest BCUT2D eigenvalue weighted by Crippen LogP contribution is 2.23. The molecule has 6 heteroatoms. The van der Waals surface area contributed by atoms with Crippen molar-refractivity contribution in [3.05, 3.63) is 81.9 Å². The Morgan fingerprint density at radius 3 is 2.52 bits per heavy atom. The average Bonchev–Trinajstić information content (AvgIpc) is 2.67. The van der Waals surface area contributed by atoms with Crippen LogP contribution in [0.15, 0.2) is 60.7 Å². The molecule has 0 N–H and O–H groups in total. The molecular formula is C21H20N2O4. The van der Waals surface area contributed by atoms with Crippen molar-refractivity contribution in [2.24, 2.45) is 0 Å². The summed E-state index contributed by atoms with van der Waals surface area (Å²) in [6, 6.07) is 18.2. The van der Waals surface area contributed by atoms with Crippen LogP contribution in [0.2, 0.25) is 0 Å². The number of methoxy groups -OCH3 is 1. The van der Waals surface area contributed by atoms with Crippen molar-refractivity contribution in [2.45, 2.75) is 13.0 Å². The predicted octanol–water partition coefficient (Wildman–Crippen LogP) is 3.96. The number of carbonyl (C=O) groups is 1. The third-order valence-electron chi connectivity index (χ3n) is 4.49. The second-order valence-electron chi connectivity index (χ2n) is 6.36. The van der Waals surface area contributed by atoms with Gasteiger partial charge >= 0.3 is 0 Å². The number of amides is 1. The van der Waals surface area contributed by atoms with Gasteiger partial charge in [-0.3, -0.25) is 14.9 Å². The maximum absolute atomic E-state index is 12.5. The van der Waals surface area contributed by atoms with E-state index < -0.39 is 4.92 Å². The van der Waals surface area contributed by atoms with Gasteiger partial charge in [-0.2, -0.15) is 0 Å². The Kier molecular flexibility index (Phi) is 5.35. The molecule has 138 valence electrons. The average molecular weight is 364 g/mol. The lowest BCUT2D eigenvalue weighted by molar-refractivity contribution is -0.385. The zero-order valence-electron chi connectivity index (χ0n) is 15.2. The first-order valence-electron chi connectivity index (χ1n) is 8.51. The van der Waals surface area contributed by atoms with Gasteiger partial charge in [-0.15, -0.1) is 0 Å². The first-order valence-corrected chi connectivity index (χ1v) is 8.51. The van der Waals surface area contributed by atoms with Crippen molar-refractivity contribution in [1.82, 2.24) is 4.90 Å². The second-order valence-corrected chi connectivity index (χ2v) is 6.36. The topological polar surface area (TPSA) is 72.7 Å². The largest absolute Gasteiger partial charge is 0.497 e. The molecule has 27 heavy (non-hydrogen) atoms. The summed E-state index contributed by atoms with van der Waals surface area (Å²) in [4.78, 5) is 24.8. The van der Waals surface area contributed by atoms with Gasteiger partial charge in [0.2, 0.25) is 5.91 Å². The van der Waals surface area contributed by atoms with Gasteiger partial charge in [-0.05, 0) is 34.5 Å². The molecule has 0 aliphatic rings. The van der Waals surface area contributed by atoms with E-state index in [-0.39, 0.29) is 18.0 Å². The Hall–Kier alpha value is -3.41. The van der Waals surface area contributed by atoms with Crippen LogP contribution in [-0.2, 0) is 17.8 Å². The minimum Gasteiger partial charge on any atom is -0.497 e. The van der Waals surface area contributed by atoms with E-state index in [1.54, 1.807) is 37.3 Å². The molecule has 0 bridgehead atoms. The van der Waals surface area contributed by atoms with E-state index in [0.717, 1.165) is 22.1 Å². The molecule has 0 fully saturated rings. The fourth-order valence-corrected chi connectivity index (χ4v) is 3.00. The van der Waals surface area contributed by atoms with Crippen LogP contribution in [-0.4, -0.2) is 29.9 Å². The Morgan fingerprint density at radius 2 is 1.78 bits per heavy atom. The first kappa shape index (κ1) is 18.4. The lowest BCUT2D eigenvalue weighted by Gasteiger charge is -2.18. The quantitative estimate of drug-likeness (QED) is 0.490. The van der Waals surface area contributed by atoms with Crippen LogP contribution in [0.1, 0.15) is 11.1 Å². The van der Waals surface area contributed by atoms with Gasteiger partial charge in [0.15, 0.2) is 0 Å². The number of hydrogen-bond acceptors (Lipinski definition) is 4. The van der Waals surface area contributed by atoms with E-state index in [4.69, 9.17) is 4.74 Å². The molecule has 0 saturated carbocycles. The molecule has 1 amide bonds. The maximum Gasteiger partial charge on any atom is 0.273 e. The number of nitro groups is 1. The van der Waals surface area contributed by atoms with Crippen molar-refractivity contribution in [2.75, 3.05) is 14.2 Å². The number of nitro benzene ring substituents is 1. The van der Waals surface area contributed by atoms with Gasteiger partial charge in [0.05, 0.1) is 18.5 Å². The summed E-state index contributed by atoms with van der Waals surface area (Å²) >= 11 is 0. The van der Waals surface area contributed by atoms with Gasteiger partial charge < -0.3 is 9.64 Å². The lowest BCUT2D eigenvalue weighted by atomic mass is 10.1. The molecular weight excluding hydrogens is 344 g/mol. The van der Waals surface area contributed by atoms with E-state index in [9.17, 15) is 14.9 Å². The molecule has 0 heterocycles. The van der Waals surface area contributed by atoms with E-state index in [1.807, 2.05) is 36.4 Å². The summed E-state index contributed by atoms with van der Waals surface area (Å²) in [5, 5.41) is 13.2.